The number of benzene rings is 1. The summed E-state index contributed by atoms with van der Waals surface area (Å²) in [4.78, 5) is 22.7. The van der Waals surface area contributed by atoms with Crippen LogP contribution >= 0.6 is 0 Å². The molecule has 1 aromatic carbocycles. The number of esters is 2. The van der Waals surface area contributed by atoms with E-state index in [0.29, 0.717) is 12.7 Å². The van der Waals surface area contributed by atoms with Gasteiger partial charge in [-0.15, -0.1) is 0 Å². The maximum atomic E-state index is 13.4. The van der Waals surface area contributed by atoms with E-state index in [4.69, 9.17) is 4.74 Å². The van der Waals surface area contributed by atoms with Crippen molar-refractivity contribution in [2.75, 3.05) is 6.61 Å². The van der Waals surface area contributed by atoms with Gasteiger partial charge in [0.15, 0.2) is 11.6 Å². The van der Waals surface area contributed by atoms with E-state index >= 15 is 0 Å². The molecule has 23 heavy (non-hydrogen) atoms. The van der Waals surface area contributed by atoms with E-state index in [0.717, 1.165) is 18.9 Å². The van der Waals surface area contributed by atoms with Gasteiger partial charge >= 0.3 is 11.9 Å². The van der Waals surface area contributed by atoms with Gasteiger partial charge < -0.3 is 9.47 Å². The van der Waals surface area contributed by atoms with Crippen molar-refractivity contribution >= 4 is 11.9 Å². The van der Waals surface area contributed by atoms with Crippen molar-refractivity contribution in [3.63, 3.8) is 0 Å². The molecular weight excluding hydrogens is 313 g/mol. The summed E-state index contributed by atoms with van der Waals surface area (Å²) in [6, 6.07) is 1.41. The van der Waals surface area contributed by atoms with Crippen LogP contribution in [-0.2, 0) is 25.7 Å². The van der Waals surface area contributed by atoms with Crippen LogP contribution in [0.15, 0.2) is 12.1 Å². The second-order valence-electron chi connectivity index (χ2n) is 4.91. The Morgan fingerprint density at radius 1 is 0.957 bits per heavy atom. The fourth-order valence-electron chi connectivity index (χ4n) is 1.71. The summed E-state index contributed by atoms with van der Waals surface area (Å²) < 4.78 is 49.2. The number of halogens is 3. The Kier molecular flexibility index (Phi) is 8.15. The van der Waals surface area contributed by atoms with Crippen LogP contribution in [0.5, 0.6) is 0 Å². The average Bonchev–Trinajstić information content (AvgIpc) is 2.51. The predicted molar refractivity (Wildman–Crippen MR) is 75.8 cm³/mol. The summed E-state index contributed by atoms with van der Waals surface area (Å²) in [5.74, 6) is -4.72. The third-order valence-electron chi connectivity index (χ3n) is 3.04. The molecule has 0 atom stereocenters. The summed E-state index contributed by atoms with van der Waals surface area (Å²) in [7, 11) is 0. The standard InChI is InChI=1S/C16H19F3O4/c1-2-3-9-22-14(20)5-4-6-15(21)23-10-11-12(17)7-8-13(18)16(11)19/h7-8H,2-6,9-10H2,1H3. The van der Waals surface area contributed by atoms with E-state index in [2.05, 4.69) is 4.74 Å². The van der Waals surface area contributed by atoms with Crippen molar-refractivity contribution in [1.82, 2.24) is 0 Å². The molecule has 7 heteroatoms. The van der Waals surface area contributed by atoms with Gasteiger partial charge in [0.25, 0.3) is 0 Å². The minimum Gasteiger partial charge on any atom is -0.466 e. The van der Waals surface area contributed by atoms with E-state index < -0.39 is 41.6 Å². The number of carbonyl (C=O) groups is 2. The van der Waals surface area contributed by atoms with Gasteiger partial charge in [-0.25, -0.2) is 13.2 Å². The second-order valence-corrected chi connectivity index (χ2v) is 4.91. The Balaban J connectivity index is 2.30. The molecule has 0 bridgehead atoms. The maximum absolute atomic E-state index is 13.4. The molecule has 128 valence electrons. The Bertz CT molecular complexity index is 546. The zero-order chi connectivity index (χ0) is 17.2. The van der Waals surface area contributed by atoms with Crippen LogP contribution < -0.4 is 0 Å². The number of hydrogen-bond acceptors (Lipinski definition) is 4. The largest absolute Gasteiger partial charge is 0.466 e. The van der Waals surface area contributed by atoms with Crippen LogP contribution in [0.3, 0.4) is 0 Å². The monoisotopic (exact) mass is 332 g/mol. The first-order chi connectivity index (χ1) is 11.0. The zero-order valence-corrected chi connectivity index (χ0v) is 12.9. The lowest BCUT2D eigenvalue weighted by Crippen LogP contribution is -2.10. The first kappa shape index (κ1) is 19.0. The molecule has 0 aliphatic carbocycles. The summed E-state index contributed by atoms with van der Waals surface area (Å²) in [6.07, 6.45) is 1.85. The van der Waals surface area contributed by atoms with Gasteiger partial charge in [0.1, 0.15) is 12.4 Å². The maximum Gasteiger partial charge on any atom is 0.306 e. The SMILES string of the molecule is CCCCOC(=O)CCCC(=O)OCc1c(F)ccc(F)c1F. The fraction of sp³-hybridized carbons (Fsp3) is 0.500. The highest BCUT2D eigenvalue weighted by Gasteiger charge is 2.16. The van der Waals surface area contributed by atoms with E-state index in [9.17, 15) is 22.8 Å². The lowest BCUT2D eigenvalue weighted by Gasteiger charge is -2.07. The van der Waals surface area contributed by atoms with Gasteiger partial charge in [0, 0.05) is 12.8 Å². The lowest BCUT2D eigenvalue weighted by molar-refractivity contribution is -0.146. The summed E-state index contributed by atoms with van der Waals surface area (Å²) in [6.45, 7) is 1.61. The Morgan fingerprint density at radius 2 is 1.57 bits per heavy atom. The molecule has 1 aromatic rings. The van der Waals surface area contributed by atoms with Crippen molar-refractivity contribution in [1.29, 1.82) is 0 Å². The van der Waals surface area contributed by atoms with Crippen LogP contribution in [0, 0.1) is 17.5 Å². The Labute approximate surface area is 132 Å². The van der Waals surface area contributed by atoms with Gasteiger partial charge in [0.05, 0.1) is 12.2 Å². The molecule has 0 aromatic heterocycles. The Hall–Kier alpha value is -2.05. The third kappa shape index (κ3) is 6.71. The molecule has 0 radical (unpaired) electrons. The molecule has 0 saturated heterocycles. The number of rotatable bonds is 9. The molecule has 0 aliphatic rings. The van der Waals surface area contributed by atoms with Gasteiger partial charge in [0.2, 0.25) is 0 Å². The fourth-order valence-corrected chi connectivity index (χ4v) is 1.71. The van der Waals surface area contributed by atoms with Crippen LogP contribution in [0.1, 0.15) is 44.6 Å². The molecule has 0 saturated carbocycles. The van der Waals surface area contributed by atoms with Crippen molar-refractivity contribution in [2.24, 2.45) is 0 Å². The number of carbonyl (C=O) groups excluding carboxylic acids is 2. The molecular formula is C16H19F3O4. The van der Waals surface area contributed by atoms with E-state index in [1.165, 1.54) is 0 Å². The summed E-state index contributed by atoms with van der Waals surface area (Å²) in [5.41, 5.74) is -0.641. The van der Waals surface area contributed by atoms with E-state index in [-0.39, 0.29) is 19.3 Å². The molecule has 1 rings (SSSR count). The quantitative estimate of drug-likeness (QED) is 0.393. The predicted octanol–water partition coefficient (Wildman–Crippen LogP) is 3.66. The third-order valence-corrected chi connectivity index (χ3v) is 3.04. The molecule has 0 fully saturated rings. The minimum atomic E-state index is -1.38. The van der Waals surface area contributed by atoms with Gasteiger partial charge in [-0.1, -0.05) is 13.3 Å². The minimum absolute atomic E-state index is 0.0570. The molecule has 0 amide bonds. The molecule has 0 unspecified atom stereocenters. The molecule has 0 spiro atoms. The van der Waals surface area contributed by atoms with E-state index in [1.54, 1.807) is 0 Å². The molecule has 0 aliphatic heterocycles. The normalized spacial score (nSPS) is 10.4. The highest BCUT2D eigenvalue weighted by molar-refractivity contribution is 5.72. The van der Waals surface area contributed by atoms with Crippen molar-refractivity contribution in [3.05, 3.63) is 35.1 Å². The van der Waals surface area contributed by atoms with Crippen LogP contribution in [-0.4, -0.2) is 18.5 Å². The molecule has 4 nitrogen and oxygen atoms in total. The van der Waals surface area contributed by atoms with Crippen molar-refractivity contribution in [3.8, 4) is 0 Å². The van der Waals surface area contributed by atoms with Gasteiger partial charge in [-0.2, -0.15) is 0 Å². The summed E-state index contributed by atoms with van der Waals surface area (Å²) >= 11 is 0. The van der Waals surface area contributed by atoms with Crippen molar-refractivity contribution in [2.45, 2.75) is 45.6 Å². The number of hydrogen-bond donors (Lipinski definition) is 0. The second kappa shape index (κ2) is 9.86. The highest BCUT2D eigenvalue weighted by atomic mass is 19.2. The Morgan fingerprint density at radius 3 is 2.22 bits per heavy atom. The number of ether oxygens (including phenoxy) is 2. The number of unbranched alkanes of at least 4 members (excludes halogenated alkanes) is 1. The zero-order valence-electron chi connectivity index (χ0n) is 12.9. The lowest BCUT2D eigenvalue weighted by atomic mass is 10.2. The average molecular weight is 332 g/mol. The topological polar surface area (TPSA) is 52.6 Å². The van der Waals surface area contributed by atoms with Crippen LogP contribution in [0.25, 0.3) is 0 Å². The van der Waals surface area contributed by atoms with Gasteiger partial charge in [-0.05, 0) is 25.0 Å². The molecule has 0 heterocycles. The highest BCUT2D eigenvalue weighted by Crippen LogP contribution is 2.17. The van der Waals surface area contributed by atoms with Gasteiger partial charge in [-0.3, -0.25) is 9.59 Å². The first-order valence-corrected chi connectivity index (χ1v) is 7.39. The first-order valence-electron chi connectivity index (χ1n) is 7.39. The van der Waals surface area contributed by atoms with E-state index in [1.807, 2.05) is 6.92 Å². The molecule has 0 N–H and O–H groups in total. The van der Waals surface area contributed by atoms with Crippen LogP contribution in [0.2, 0.25) is 0 Å². The summed E-state index contributed by atoms with van der Waals surface area (Å²) in [5, 5.41) is 0. The van der Waals surface area contributed by atoms with Crippen LogP contribution in [0.4, 0.5) is 13.2 Å². The smallest absolute Gasteiger partial charge is 0.306 e. The van der Waals surface area contributed by atoms with Crippen molar-refractivity contribution < 1.29 is 32.2 Å².